The summed E-state index contributed by atoms with van der Waals surface area (Å²) in [5, 5.41) is 2.81. The van der Waals surface area contributed by atoms with E-state index < -0.39 is 12.1 Å². The lowest BCUT2D eigenvalue weighted by molar-refractivity contribution is -0.139. The van der Waals surface area contributed by atoms with Crippen molar-refractivity contribution >= 4 is 12.1 Å². The maximum absolute atomic E-state index is 11.4. The van der Waals surface area contributed by atoms with E-state index >= 15 is 0 Å². The summed E-state index contributed by atoms with van der Waals surface area (Å²) in [5.74, 6) is -0.466. The van der Waals surface area contributed by atoms with E-state index in [0.717, 1.165) is 25.7 Å². The summed E-state index contributed by atoms with van der Waals surface area (Å²) in [7, 11) is 0. The molecule has 0 radical (unpaired) electrons. The van der Waals surface area contributed by atoms with Gasteiger partial charge in [0.2, 0.25) is 0 Å². The van der Waals surface area contributed by atoms with Gasteiger partial charge in [0.1, 0.15) is 13.2 Å². The summed E-state index contributed by atoms with van der Waals surface area (Å²) in [6.07, 6.45) is 5.14. The molecular weight excluding hydrogens is 234 g/mol. The lowest BCUT2D eigenvalue weighted by Crippen LogP contribution is -2.37. The van der Waals surface area contributed by atoms with Gasteiger partial charge in [-0.1, -0.05) is 25.8 Å². The average Bonchev–Trinajstić information content (AvgIpc) is 2.35. The Morgan fingerprint density at radius 1 is 1.17 bits per heavy atom. The molecule has 0 spiro atoms. The predicted molar refractivity (Wildman–Crippen MR) is 67.1 cm³/mol. The topological polar surface area (TPSA) is 64.6 Å². The van der Waals surface area contributed by atoms with E-state index in [0.29, 0.717) is 5.57 Å². The highest BCUT2D eigenvalue weighted by molar-refractivity contribution is 5.86. The van der Waals surface area contributed by atoms with Crippen molar-refractivity contribution in [1.29, 1.82) is 0 Å². The Morgan fingerprint density at radius 2 is 1.78 bits per heavy atom. The Morgan fingerprint density at radius 3 is 2.39 bits per heavy atom. The lowest BCUT2D eigenvalue weighted by atomic mass is 9.96. The molecule has 102 valence electrons. The van der Waals surface area contributed by atoms with Gasteiger partial charge in [0.15, 0.2) is 0 Å². The van der Waals surface area contributed by atoms with E-state index in [1.54, 1.807) is 6.92 Å². The van der Waals surface area contributed by atoms with E-state index in [2.05, 4.69) is 11.9 Å². The molecule has 5 nitrogen and oxygen atoms in total. The Bertz CT molecular complexity index is 308. The van der Waals surface area contributed by atoms with Gasteiger partial charge in [-0.25, -0.2) is 9.59 Å². The van der Waals surface area contributed by atoms with Gasteiger partial charge in [0.25, 0.3) is 0 Å². The number of esters is 1. The molecule has 1 amide bonds. The Balaban J connectivity index is 2.06. The van der Waals surface area contributed by atoms with Crippen LogP contribution in [0.15, 0.2) is 12.2 Å². The first-order chi connectivity index (χ1) is 8.59. The number of hydrogen-bond acceptors (Lipinski definition) is 4. The lowest BCUT2D eigenvalue weighted by Gasteiger charge is -2.22. The molecular formula is C13H21NO4. The minimum atomic E-state index is -0.466. The molecule has 0 aromatic heterocycles. The second-order valence-electron chi connectivity index (χ2n) is 4.53. The summed E-state index contributed by atoms with van der Waals surface area (Å²) < 4.78 is 9.72. The van der Waals surface area contributed by atoms with Crippen LogP contribution in [0.3, 0.4) is 0 Å². The maximum Gasteiger partial charge on any atom is 0.407 e. The third-order valence-corrected chi connectivity index (χ3v) is 2.83. The van der Waals surface area contributed by atoms with E-state index in [-0.39, 0.29) is 19.3 Å². The molecule has 0 aromatic rings. The fourth-order valence-corrected chi connectivity index (χ4v) is 1.85. The van der Waals surface area contributed by atoms with Crippen molar-refractivity contribution in [3.05, 3.63) is 12.2 Å². The normalized spacial score (nSPS) is 15.8. The largest absolute Gasteiger partial charge is 0.459 e. The molecule has 1 rings (SSSR count). The minimum absolute atomic E-state index is 0.0593. The number of rotatable bonds is 5. The smallest absolute Gasteiger partial charge is 0.407 e. The van der Waals surface area contributed by atoms with Crippen LogP contribution in [-0.2, 0) is 14.3 Å². The summed E-state index contributed by atoms with van der Waals surface area (Å²) in [5.41, 5.74) is 0.335. The SMILES string of the molecule is C=C(C)C(=O)OCCOC(=O)NC1CCCCC1. The first-order valence-corrected chi connectivity index (χ1v) is 6.35. The van der Waals surface area contributed by atoms with Gasteiger partial charge in [0.05, 0.1) is 0 Å². The van der Waals surface area contributed by atoms with Crippen LogP contribution in [0.2, 0.25) is 0 Å². The molecule has 0 bridgehead atoms. The first kappa shape index (κ1) is 14.5. The Kier molecular flexibility index (Phi) is 6.25. The average molecular weight is 255 g/mol. The molecule has 0 atom stereocenters. The number of amides is 1. The van der Waals surface area contributed by atoms with Crippen molar-refractivity contribution < 1.29 is 19.1 Å². The van der Waals surface area contributed by atoms with Crippen molar-refractivity contribution in [1.82, 2.24) is 5.32 Å². The van der Waals surface area contributed by atoms with Crippen LogP contribution in [0.1, 0.15) is 39.0 Å². The second kappa shape index (κ2) is 7.74. The number of nitrogens with one attached hydrogen (secondary N) is 1. The number of ether oxygens (including phenoxy) is 2. The summed E-state index contributed by atoms with van der Waals surface area (Å²) in [6, 6.07) is 0.226. The molecule has 0 heterocycles. The third kappa shape index (κ3) is 5.70. The quantitative estimate of drug-likeness (QED) is 0.464. The van der Waals surface area contributed by atoms with Crippen LogP contribution in [0.5, 0.6) is 0 Å². The van der Waals surface area contributed by atoms with E-state index in [1.165, 1.54) is 6.42 Å². The first-order valence-electron chi connectivity index (χ1n) is 6.35. The van der Waals surface area contributed by atoms with E-state index in [9.17, 15) is 9.59 Å². The molecule has 0 unspecified atom stereocenters. The monoisotopic (exact) mass is 255 g/mol. The van der Waals surface area contributed by atoms with Crippen LogP contribution in [-0.4, -0.2) is 31.3 Å². The second-order valence-corrected chi connectivity index (χ2v) is 4.53. The fraction of sp³-hybridized carbons (Fsp3) is 0.692. The summed E-state index contributed by atoms with van der Waals surface area (Å²) >= 11 is 0. The number of hydrogen-bond donors (Lipinski definition) is 1. The van der Waals surface area contributed by atoms with Crippen LogP contribution in [0, 0.1) is 0 Å². The maximum atomic E-state index is 11.4. The number of alkyl carbamates (subject to hydrolysis) is 1. The molecule has 0 aliphatic heterocycles. The highest BCUT2D eigenvalue weighted by Gasteiger charge is 2.16. The van der Waals surface area contributed by atoms with Gasteiger partial charge >= 0.3 is 12.1 Å². The van der Waals surface area contributed by atoms with Gasteiger partial charge in [-0.3, -0.25) is 0 Å². The Hall–Kier alpha value is -1.52. The van der Waals surface area contributed by atoms with Crippen molar-refractivity contribution in [2.75, 3.05) is 13.2 Å². The molecule has 5 heteroatoms. The van der Waals surface area contributed by atoms with Crippen LogP contribution >= 0.6 is 0 Å². The minimum Gasteiger partial charge on any atom is -0.459 e. The highest BCUT2D eigenvalue weighted by atomic mass is 16.6. The summed E-state index contributed by atoms with van der Waals surface area (Å²) in [4.78, 5) is 22.4. The third-order valence-electron chi connectivity index (χ3n) is 2.83. The van der Waals surface area contributed by atoms with Gasteiger partial charge in [-0.2, -0.15) is 0 Å². The van der Waals surface area contributed by atoms with Crippen LogP contribution < -0.4 is 5.32 Å². The molecule has 1 fully saturated rings. The van der Waals surface area contributed by atoms with E-state index in [4.69, 9.17) is 9.47 Å². The molecule has 1 aliphatic rings. The molecule has 1 N–H and O–H groups in total. The Labute approximate surface area is 108 Å². The molecule has 18 heavy (non-hydrogen) atoms. The van der Waals surface area contributed by atoms with Gasteiger partial charge < -0.3 is 14.8 Å². The van der Waals surface area contributed by atoms with Gasteiger partial charge in [0, 0.05) is 11.6 Å². The fourth-order valence-electron chi connectivity index (χ4n) is 1.85. The van der Waals surface area contributed by atoms with Crippen molar-refractivity contribution in [2.45, 2.75) is 45.1 Å². The molecule has 0 aromatic carbocycles. The zero-order chi connectivity index (χ0) is 13.4. The van der Waals surface area contributed by atoms with Crippen molar-refractivity contribution in [3.63, 3.8) is 0 Å². The van der Waals surface area contributed by atoms with Gasteiger partial charge in [-0.15, -0.1) is 0 Å². The zero-order valence-corrected chi connectivity index (χ0v) is 10.9. The molecule has 0 saturated heterocycles. The number of carbonyl (C=O) groups is 2. The zero-order valence-electron chi connectivity index (χ0n) is 10.9. The van der Waals surface area contributed by atoms with Crippen LogP contribution in [0.4, 0.5) is 4.79 Å². The summed E-state index contributed by atoms with van der Waals surface area (Å²) in [6.45, 7) is 5.15. The van der Waals surface area contributed by atoms with Crippen molar-refractivity contribution in [3.8, 4) is 0 Å². The predicted octanol–water partition coefficient (Wildman–Crippen LogP) is 2.16. The molecule has 1 saturated carbocycles. The van der Waals surface area contributed by atoms with Gasteiger partial charge in [-0.05, 0) is 19.8 Å². The highest BCUT2D eigenvalue weighted by Crippen LogP contribution is 2.17. The van der Waals surface area contributed by atoms with Crippen molar-refractivity contribution in [2.24, 2.45) is 0 Å². The van der Waals surface area contributed by atoms with Crippen LogP contribution in [0.25, 0.3) is 0 Å². The molecule has 1 aliphatic carbocycles. The number of carbonyl (C=O) groups excluding carboxylic acids is 2. The van der Waals surface area contributed by atoms with E-state index in [1.807, 2.05) is 0 Å². The standard InChI is InChI=1S/C13H21NO4/c1-10(2)12(15)17-8-9-18-13(16)14-11-6-4-3-5-7-11/h11H,1,3-9H2,2H3,(H,14,16).